The second kappa shape index (κ2) is 5.08. The molecule has 3 heteroatoms. The van der Waals surface area contributed by atoms with Gasteiger partial charge in [0.15, 0.2) is 0 Å². The van der Waals surface area contributed by atoms with Crippen LogP contribution in [0.5, 0.6) is 0 Å². The van der Waals surface area contributed by atoms with Crippen molar-refractivity contribution in [2.45, 2.75) is 46.6 Å². The Morgan fingerprint density at radius 3 is 2.60 bits per heavy atom. The van der Waals surface area contributed by atoms with E-state index in [0.29, 0.717) is 5.92 Å². The highest BCUT2D eigenvalue weighted by atomic mass is 32.1. The molecular formula is C12H22N2S. The maximum Gasteiger partial charge on any atom is 0.0897 e. The third-order valence-corrected chi connectivity index (χ3v) is 3.03. The second-order valence-electron chi connectivity index (χ2n) is 5.30. The Kier molecular flexibility index (Phi) is 4.29. The van der Waals surface area contributed by atoms with E-state index in [1.807, 2.05) is 0 Å². The molecule has 2 nitrogen and oxygen atoms in total. The Hall–Kier alpha value is -0.410. The van der Waals surface area contributed by atoms with Gasteiger partial charge in [-0.3, -0.25) is 0 Å². The van der Waals surface area contributed by atoms with Gasteiger partial charge in [0.1, 0.15) is 0 Å². The predicted octanol–water partition coefficient (Wildman–Crippen LogP) is 3.02. The lowest BCUT2D eigenvalue weighted by Crippen LogP contribution is -2.39. The van der Waals surface area contributed by atoms with Crippen LogP contribution < -0.4 is 5.32 Å². The first kappa shape index (κ1) is 12.7. The first-order valence-electron chi connectivity index (χ1n) is 5.53. The molecule has 86 valence electrons. The number of hydrogen-bond donors (Lipinski definition) is 1. The van der Waals surface area contributed by atoms with Gasteiger partial charge in [-0.25, -0.2) is 4.98 Å². The van der Waals surface area contributed by atoms with Crippen LogP contribution in [0.3, 0.4) is 0 Å². The molecule has 15 heavy (non-hydrogen) atoms. The number of nitrogens with zero attached hydrogens (tertiary/aromatic N) is 1. The summed E-state index contributed by atoms with van der Waals surface area (Å²) in [4.78, 5) is 4.49. The van der Waals surface area contributed by atoms with Crippen LogP contribution in [0, 0.1) is 12.8 Å². The molecule has 0 fully saturated rings. The number of rotatable bonds is 4. The van der Waals surface area contributed by atoms with E-state index in [1.165, 1.54) is 10.7 Å². The van der Waals surface area contributed by atoms with E-state index in [1.54, 1.807) is 11.3 Å². The minimum Gasteiger partial charge on any atom is -0.312 e. The van der Waals surface area contributed by atoms with Gasteiger partial charge < -0.3 is 5.32 Å². The van der Waals surface area contributed by atoms with E-state index in [4.69, 9.17) is 0 Å². The lowest BCUT2D eigenvalue weighted by molar-refractivity contribution is 0.380. The molecule has 1 aromatic heterocycles. The summed E-state index contributed by atoms with van der Waals surface area (Å²) in [5.41, 5.74) is 1.45. The Labute approximate surface area is 97.1 Å². The second-order valence-corrected chi connectivity index (χ2v) is 6.36. The van der Waals surface area contributed by atoms with Crippen LogP contribution >= 0.6 is 11.3 Å². The molecule has 0 saturated heterocycles. The van der Waals surface area contributed by atoms with Crippen molar-refractivity contribution in [3.05, 3.63) is 16.1 Å². The molecule has 1 heterocycles. The first-order valence-corrected chi connectivity index (χ1v) is 6.41. The summed E-state index contributed by atoms with van der Waals surface area (Å²) in [5, 5.41) is 6.86. The summed E-state index contributed by atoms with van der Waals surface area (Å²) < 4.78 is 0. The molecule has 1 atom stereocenters. The minimum absolute atomic E-state index is 0.215. The van der Waals surface area contributed by atoms with Gasteiger partial charge in [0.05, 0.1) is 10.7 Å². The maximum atomic E-state index is 4.49. The molecule has 0 amide bonds. The molecule has 0 radical (unpaired) electrons. The van der Waals surface area contributed by atoms with Crippen molar-refractivity contribution < 1.29 is 0 Å². The lowest BCUT2D eigenvalue weighted by atomic mass is 10.0. The van der Waals surface area contributed by atoms with E-state index in [-0.39, 0.29) is 5.54 Å². The van der Waals surface area contributed by atoms with Gasteiger partial charge in [-0.1, -0.05) is 6.92 Å². The molecular weight excluding hydrogens is 204 g/mol. The van der Waals surface area contributed by atoms with Gasteiger partial charge >= 0.3 is 0 Å². The molecule has 0 bridgehead atoms. The van der Waals surface area contributed by atoms with Gasteiger partial charge in [0.25, 0.3) is 0 Å². The minimum atomic E-state index is 0.215. The molecule has 0 aliphatic rings. The summed E-state index contributed by atoms with van der Waals surface area (Å²) in [5.74, 6) is 0.644. The fraction of sp³-hybridized carbons (Fsp3) is 0.750. The van der Waals surface area contributed by atoms with Crippen molar-refractivity contribution in [1.29, 1.82) is 0 Å². The first-order chi connectivity index (χ1) is 6.87. The van der Waals surface area contributed by atoms with Crippen LogP contribution in [0.1, 0.15) is 38.4 Å². The lowest BCUT2D eigenvalue weighted by Gasteiger charge is -2.23. The van der Waals surface area contributed by atoms with Crippen LogP contribution in [0.25, 0.3) is 0 Å². The molecule has 0 aliphatic carbocycles. The fourth-order valence-corrected chi connectivity index (χ4v) is 2.04. The maximum absolute atomic E-state index is 4.49. The zero-order valence-electron chi connectivity index (χ0n) is 10.4. The zero-order chi connectivity index (χ0) is 11.5. The van der Waals surface area contributed by atoms with E-state index < -0.39 is 0 Å². The molecule has 0 saturated carbocycles. The Morgan fingerprint density at radius 2 is 2.13 bits per heavy atom. The van der Waals surface area contributed by atoms with Crippen molar-refractivity contribution in [2.75, 3.05) is 6.54 Å². The highest BCUT2D eigenvalue weighted by molar-refractivity contribution is 7.09. The Bertz CT molecular complexity index is 299. The van der Waals surface area contributed by atoms with Crippen molar-refractivity contribution in [1.82, 2.24) is 10.3 Å². The van der Waals surface area contributed by atoms with Gasteiger partial charge in [-0.05, 0) is 46.6 Å². The number of aromatic nitrogens is 1. The highest BCUT2D eigenvalue weighted by Gasteiger charge is 2.12. The molecule has 0 aromatic carbocycles. The van der Waals surface area contributed by atoms with Gasteiger partial charge in [-0.2, -0.15) is 0 Å². The highest BCUT2D eigenvalue weighted by Crippen LogP contribution is 2.12. The summed E-state index contributed by atoms with van der Waals surface area (Å²) in [6, 6.07) is 0. The average molecular weight is 226 g/mol. The number of aryl methyl sites for hydroxylation is 1. The van der Waals surface area contributed by atoms with Crippen LogP contribution in [-0.2, 0) is 6.42 Å². The van der Waals surface area contributed by atoms with Crippen LogP contribution in [0.15, 0.2) is 5.38 Å². The Morgan fingerprint density at radius 1 is 1.47 bits per heavy atom. The van der Waals surface area contributed by atoms with E-state index in [0.717, 1.165) is 13.0 Å². The van der Waals surface area contributed by atoms with Crippen molar-refractivity contribution in [3.63, 3.8) is 0 Å². The molecule has 1 aromatic rings. The van der Waals surface area contributed by atoms with Crippen molar-refractivity contribution in [3.8, 4) is 0 Å². The quantitative estimate of drug-likeness (QED) is 0.853. The number of thiazole rings is 1. The summed E-state index contributed by atoms with van der Waals surface area (Å²) in [6.07, 6.45) is 1.08. The molecule has 1 unspecified atom stereocenters. The van der Waals surface area contributed by atoms with Crippen molar-refractivity contribution in [2.24, 2.45) is 5.92 Å². The topological polar surface area (TPSA) is 24.9 Å². The third kappa shape index (κ3) is 5.28. The van der Waals surface area contributed by atoms with Gasteiger partial charge in [-0.15, -0.1) is 11.3 Å². The summed E-state index contributed by atoms with van der Waals surface area (Å²) >= 11 is 1.74. The summed E-state index contributed by atoms with van der Waals surface area (Å²) in [7, 11) is 0. The molecule has 0 aliphatic heterocycles. The van der Waals surface area contributed by atoms with Crippen molar-refractivity contribution >= 4 is 11.3 Å². The SMILES string of the molecule is Cc1nc(CC(C)CNC(C)(C)C)cs1. The largest absolute Gasteiger partial charge is 0.312 e. The standard InChI is InChI=1S/C12H22N2S/c1-9(7-13-12(3,4)5)6-11-8-15-10(2)14-11/h8-9,13H,6-7H2,1-5H3. The molecule has 0 spiro atoms. The van der Waals surface area contributed by atoms with Crippen LogP contribution in [0.4, 0.5) is 0 Å². The normalized spacial score (nSPS) is 14.2. The molecule has 1 rings (SSSR count). The summed E-state index contributed by atoms with van der Waals surface area (Å²) in [6.45, 7) is 12.0. The Balaban J connectivity index is 2.33. The fourth-order valence-electron chi connectivity index (χ4n) is 1.41. The monoisotopic (exact) mass is 226 g/mol. The smallest absolute Gasteiger partial charge is 0.0897 e. The average Bonchev–Trinajstić information content (AvgIpc) is 2.47. The number of nitrogens with one attached hydrogen (secondary N) is 1. The zero-order valence-corrected chi connectivity index (χ0v) is 11.2. The molecule has 1 N–H and O–H groups in total. The predicted molar refractivity (Wildman–Crippen MR) is 67.5 cm³/mol. The van der Waals surface area contributed by atoms with E-state index in [9.17, 15) is 0 Å². The van der Waals surface area contributed by atoms with Gasteiger partial charge in [0.2, 0.25) is 0 Å². The van der Waals surface area contributed by atoms with Crippen LogP contribution in [0.2, 0.25) is 0 Å². The number of hydrogen-bond acceptors (Lipinski definition) is 3. The van der Waals surface area contributed by atoms with E-state index >= 15 is 0 Å². The van der Waals surface area contributed by atoms with Gasteiger partial charge in [0, 0.05) is 10.9 Å². The van der Waals surface area contributed by atoms with Crippen LogP contribution in [-0.4, -0.2) is 17.1 Å². The third-order valence-electron chi connectivity index (χ3n) is 2.21. The van der Waals surface area contributed by atoms with E-state index in [2.05, 4.69) is 50.3 Å².